The molecule has 0 spiro atoms. The van der Waals surface area contributed by atoms with Crippen molar-refractivity contribution >= 4 is 0 Å². The fourth-order valence-corrected chi connectivity index (χ4v) is 5.06. The Labute approximate surface area is 140 Å². The molecular formula is C22H27N. The van der Waals surface area contributed by atoms with Crippen LogP contribution in [0.1, 0.15) is 55.2 Å². The molecule has 23 heavy (non-hydrogen) atoms. The van der Waals surface area contributed by atoms with E-state index in [4.69, 9.17) is 0 Å². The molecule has 0 radical (unpaired) electrons. The highest BCUT2D eigenvalue weighted by Crippen LogP contribution is 2.49. The number of hydrogen-bond donors (Lipinski definition) is 0. The number of benzene rings is 2. The fraction of sp³-hybridized carbons (Fsp3) is 0.455. The number of likely N-dealkylation sites (tertiary alicyclic amines) is 1. The van der Waals surface area contributed by atoms with Gasteiger partial charge in [0.2, 0.25) is 0 Å². The van der Waals surface area contributed by atoms with Crippen LogP contribution in [0.4, 0.5) is 0 Å². The Bertz CT molecular complexity index is 621. The van der Waals surface area contributed by atoms with Crippen LogP contribution >= 0.6 is 0 Å². The Morgan fingerprint density at radius 3 is 2.09 bits per heavy atom. The lowest BCUT2D eigenvalue weighted by Gasteiger charge is -2.51. The molecule has 1 heterocycles. The molecule has 0 bridgehead atoms. The average Bonchev–Trinajstić information content (AvgIpc) is 2.64. The molecule has 2 aliphatic rings. The van der Waals surface area contributed by atoms with Crippen molar-refractivity contribution in [3.8, 4) is 0 Å². The fourth-order valence-electron chi connectivity index (χ4n) is 5.06. The van der Waals surface area contributed by atoms with Crippen molar-refractivity contribution in [3.05, 3.63) is 71.8 Å². The first-order chi connectivity index (χ1) is 11.3. The van der Waals surface area contributed by atoms with Gasteiger partial charge in [-0.05, 0) is 49.3 Å². The van der Waals surface area contributed by atoms with Crippen LogP contribution in [0.2, 0.25) is 0 Å². The molecule has 0 N–H and O–H groups in total. The van der Waals surface area contributed by atoms with Crippen LogP contribution in [0.3, 0.4) is 0 Å². The molecular weight excluding hydrogens is 278 g/mol. The van der Waals surface area contributed by atoms with E-state index in [1.807, 2.05) is 0 Å². The van der Waals surface area contributed by atoms with Crippen LogP contribution in [-0.4, -0.2) is 18.0 Å². The molecule has 1 aliphatic heterocycles. The number of nitrogens with zero attached hydrogens (tertiary/aromatic N) is 1. The van der Waals surface area contributed by atoms with Gasteiger partial charge in [0.15, 0.2) is 0 Å². The van der Waals surface area contributed by atoms with Gasteiger partial charge >= 0.3 is 0 Å². The SMILES string of the molecule is CN1[C@@H]2CCCC[C@@H]2[C@@H](c2ccccc2)C[C@H]1c1ccccc1. The Morgan fingerprint density at radius 2 is 1.39 bits per heavy atom. The molecule has 4 rings (SSSR count). The molecule has 0 amide bonds. The van der Waals surface area contributed by atoms with E-state index in [1.54, 1.807) is 5.56 Å². The smallest absolute Gasteiger partial charge is 0.0354 e. The number of fused-ring (bicyclic) bond motifs is 1. The largest absolute Gasteiger partial charge is 0.296 e. The van der Waals surface area contributed by atoms with E-state index in [0.29, 0.717) is 12.0 Å². The molecule has 1 saturated heterocycles. The minimum atomic E-state index is 0.556. The summed E-state index contributed by atoms with van der Waals surface area (Å²) in [4.78, 5) is 2.69. The highest BCUT2D eigenvalue weighted by molar-refractivity contribution is 5.26. The lowest BCUT2D eigenvalue weighted by Crippen LogP contribution is -2.49. The van der Waals surface area contributed by atoms with Gasteiger partial charge in [0, 0.05) is 12.1 Å². The van der Waals surface area contributed by atoms with Crippen LogP contribution in [0.5, 0.6) is 0 Å². The van der Waals surface area contributed by atoms with E-state index in [-0.39, 0.29) is 0 Å². The summed E-state index contributed by atoms with van der Waals surface area (Å²) < 4.78 is 0. The molecule has 120 valence electrons. The van der Waals surface area contributed by atoms with Gasteiger partial charge in [-0.15, -0.1) is 0 Å². The first-order valence-corrected chi connectivity index (χ1v) is 9.16. The normalized spacial score (nSPS) is 31.5. The summed E-state index contributed by atoms with van der Waals surface area (Å²) in [7, 11) is 2.36. The molecule has 2 aromatic rings. The van der Waals surface area contributed by atoms with Crippen molar-refractivity contribution in [2.24, 2.45) is 5.92 Å². The standard InChI is InChI=1S/C22H27N/c1-23-21-15-9-8-14-19(21)20(17-10-4-2-5-11-17)16-22(23)18-12-6-3-7-13-18/h2-7,10-13,19-22H,8-9,14-16H2,1H3/t19-,20-,21-,22+/m1/s1. The van der Waals surface area contributed by atoms with Crippen LogP contribution < -0.4 is 0 Å². The lowest BCUT2D eigenvalue weighted by molar-refractivity contribution is 0.0200. The number of piperidine rings is 1. The van der Waals surface area contributed by atoms with Gasteiger partial charge in [0.05, 0.1) is 0 Å². The summed E-state index contributed by atoms with van der Waals surface area (Å²) in [6.07, 6.45) is 6.83. The molecule has 1 aliphatic carbocycles. The molecule has 0 unspecified atom stereocenters. The van der Waals surface area contributed by atoms with Crippen molar-refractivity contribution < 1.29 is 0 Å². The Hall–Kier alpha value is -1.60. The van der Waals surface area contributed by atoms with E-state index in [2.05, 4.69) is 72.6 Å². The molecule has 0 aromatic heterocycles. The third-order valence-electron chi connectivity index (χ3n) is 6.20. The first-order valence-electron chi connectivity index (χ1n) is 9.16. The molecule has 2 aromatic carbocycles. The molecule has 1 saturated carbocycles. The van der Waals surface area contributed by atoms with Crippen LogP contribution in [-0.2, 0) is 0 Å². The van der Waals surface area contributed by atoms with Crippen molar-refractivity contribution in [2.75, 3.05) is 7.05 Å². The third-order valence-corrected chi connectivity index (χ3v) is 6.20. The zero-order valence-corrected chi connectivity index (χ0v) is 14.1. The predicted octanol–water partition coefficient (Wildman–Crippen LogP) is 5.41. The van der Waals surface area contributed by atoms with Crippen LogP contribution in [0.15, 0.2) is 60.7 Å². The minimum Gasteiger partial charge on any atom is -0.296 e. The Kier molecular flexibility index (Phi) is 4.22. The number of hydrogen-bond acceptors (Lipinski definition) is 1. The summed E-state index contributed by atoms with van der Waals surface area (Å²) >= 11 is 0. The van der Waals surface area contributed by atoms with Gasteiger partial charge < -0.3 is 0 Å². The van der Waals surface area contributed by atoms with E-state index >= 15 is 0 Å². The summed E-state index contributed by atoms with van der Waals surface area (Å²) in [5, 5.41) is 0. The monoisotopic (exact) mass is 305 g/mol. The van der Waals surface area contributed by atoms with Gasteiger partial charge in [0.25, 0.3) is 0 Å². The maximum absolute atomic E-state index is 2.69. The Balaban J connectivity index is 1.70. The quantitative estimate of drug-likeness (QED) is 0.717. The summed E-state index contributed by atoms with van der Waals surface area (Å²) in [5.41, 5.74) is 3.04. The van der Waals surface area contributed by atoms with Crippen molar-refractivity contribution in [1.29, 1.82) is 0 Å². The molecule has 2 fully saturated rings. The van der Waals surface area contributed by atoms with Gasteiger partial charge in [-0.3, -0.25) is 4.90 Å². The van der Waals surface area contributed by atoms with E-state index in [0.717, 1.165) is 12.0 Å². The summed E-state index contributed by atoms with van der Waals surface area (Å²) in [6, 6.07) is 23.7. The zero-order valence-electron chi connectivity index (χ0n) is 14.1. The highest BCUT2D eigenvalue weighted by Gasteiger charge is 2.42. The van der Waals surface area contributed by atoms with Crippen molar-refractivity contribution in [3.63, 3.8) is 0 Å². The second-order valence-corrected chi connectivity index (χ2v) is 7.36. The highest BCUT2D eigenvalue weighted by atomic mass is 15.2. The predicted molar refractivity (Wildman–Crippen MR) is 96.5 cm³/mol. The Morgan fingerprint density at radius 1 is 0.783 bits per heavy atom. The second-order valence-electron chi connectivity index (χ2n) is 7.36. The van der Waals surface area contributed by atoms with Gasteiger partial charge in [-0.1, -0.05) is 73.5 Å². The summed E-state index contributed by atoms with van der Waals surface area (Å²) in [6.45, 7) is 0. The second kappa shape index (κ2) is 6.49. The van der Waals surface area contributed by atoms with Crippen molar-refractivity contribution in [1.82, 2.24) is 4.90 Å². The average molecular weight is 305 g/mol. The first kappa shape index (κ1) is 15.0. The van der Waals surface area contributed by atoms with E-state index in [9.17, 15) is 0 Å². The van der Waals surface area contributed by atoms with Gasteiger partial charge in [-0.2, -0.15) is 0 Å². The van der Waals surface area contributed by atoms with E-state index < -0.39 is 0 Å². The molecule has 1 heteroatoms. The third kappa shape index (κ3) is 2.83. The molecule has 1 nitrogen and oxygen atoms in total. The van der Waals surface area contributed by atoms with Gasteiger partial charge in [0.1, 0.15) is 0 Å². The van der Waals surface area contributed by atoms with Crippen LogP contribution in [0.25, 0.3) is 0 Å². The maximum Gasteiger partial charge on any atom is 0.0354 e. The van der Waals surface area contributed by atoms with E-state index in [1.165, 1.54) is 37.7 Å². The van der Waals surface area contributed by atoms with Crippen LogP contribution in [0, 0.1) is 5.92 Å². The lowest BCUT2D eigenvalue weighted by atomic mass is 9.67. The van der Waals surface area contributed by atoms with Crippen molar-refractivity contribution in [2.45, 2.75) is 50.1 Å². The maximum atomic E-state index is 2.69. The zero-order chi connectivity index (χ0) is 15.6. The topological polar surface area (TPSA) is 3.24 Å². The number of rotatable bonds is 2. The minimum absolute atomic E-state index is 0.556. The summed E-state index contributed by atoms with van der Waals surface area (Å²) in [5.74, 6) is 1.54. The molecule has 4 atom stereocenters. The van der Waals surface area contributed by atoms with Gasteiger partial charge in [-0.25, -0.2) is 0 Å².